The molecule has 2 unspecified atom stereocenters. The number of thiol groups is 1. The molecule has 1 rings (SSSR count). The largest absolute Gasteiger partial charge is 0.436 e. The summed E-state index contributed by atoms with van der Waals surface area (Å²) in [5.41, 5.74) is 0. The summed E-state index contributed by atoms with van der Waals surface area (Å²) in [6.45, 7) is 1.38. The van der Waals surface area contributed by atoms with Crippen LogP contribution in [-0.4, -0.2) is 23.9 Å². The van der Waals surface area contributed by atoms with Gasteiger partial charge in [-0.3, -0.25) is 0 Å². The second-order valence-electron chi connectivity index (χ2n) is 4.90. The second-order valence-corrected chi connectivity index (χ2v) is 5.53. The van der Waals surface area contributed by atoms with Gasteiger partial charge in [0.05, 0.1) is 6.61 Å². The summed E-state index contributed by atoms with van der Waals surface area (Å²) in [5.74, 6) is 0.0980. The summed E-state index contributed by atoms with van der Waals surface area (Å²) in [6.07, 6.45) is -8.30. The Kier molecular flexibility index (Phi) is 5.09. The van der Waals surface area contributed by atoms with Crippen LogP contribution in [0.1, 0.15) is 32.6 Å². The number of hydrogen-bond donors (Lipinski definition) is 1. The Hall–Kier alpha value is -0.110. The highest BCUT2D eigenvalue weighted by Crippen LogP contribution is 2.49. The zero-order chi connectivity index (χ0) is 14.9. The van der Waals surface area contributed by atoms with Crippen LogP contribution in [-0.2, 0) is 4.74 Å². The molecule has 19 heavy (non-hydrogen) atoms. The van der Waals surface area contributed by atoms with Gasteiger partial charge in [0, 0.05) is 0 Å². The van der Waals surface area contributed by atoms with Crippen LogP contribution in [0.4, 0.5) is 26.3 Å². The van der Waals surface area contributed by atoms with Crippen molar-refractivity contribution < 1.29 is 31.1 Å². The number of alkyl halides is 6. The minimum absolute atomic E-state index is 0.263. The fourth-order valence-corrected chi connectivity index (χ4v) is 2.34. The Morgan fingerprint density at radius 3 is 1.84 bits per heavy atom. The topological polar surface area (TPSA) is 9.23 Å². The van der Waals surface area contributed by atoms with Crippen molar-refractivity contribution in [1.82, 2.24) is 0 Å². The molecule has 0 saturated heterocycles. The van der Waals surface area contributed by atoms with E-state index >= 15 is 0 Å². The molecule has 1 saturated carbocycles. The van der Waals surface area contributed by atoms with Crippen LogP contribution in [0, 0.1) is 11.8 Å². The van der Waals surface area contributed by atoms with E-state index in [0.29, 0.717) is 18.8 Å². The van der Waals surface area contributed by atoms with Crippen LogP contribution < -0.4 is 0 Å². The van der Waals surface area contributed by atoms with Gasteiger partial charge in [-0.1, -0.05) is 19.8 Å². The van der Waals surface area contributed by atoms with Crippen molar-refractivity contribution in [3.05, 3.63) is 0 Å². The summed E-state index contributed by atoms with van der Waals surface area (Å²) in [7, 11) is 0. The molecular weight excluding hydrogens is 294 g/mol. The molecule has 0 aromatic rings. The molecule has 0 bridgehead atoms. The van der Waals surface area contributed by atoms with Crippen LogP contribution in [0.15, 0.2) is 0 Å². The molecule has 0 radical (unpaired) electrons. The second kappa shape index (κ2) is 5.71. The molecule has 0 aliphatic heterocycles. The van der Waals surface area contributed by atoms with E-state index in [1.807, 2.05) is 6.92 Å². The predicted molar refractivity (Wildman–Crippen MR) is 60.9 cm³/mol. The van der Waals surface area contributed by atoms with Crippen molar-refractivity contribution in [2.45, 2.75) is 49.9 Å². The molecule has 0 amide bonds. The maximum absolute atomic E-state index is 12.5. The third kappa shape index (κ3) is 3.71. The van der Waals surface area contributed by atoms with E-state index in [-0.39, 0.29) is 5.92 Å². The Balaban J connectivity index is 2.66. The number of halogens is 6. The Morgan fingerprint density at radius 2 is 1.47 bits per heavy atom. The number of ether oxygens (including phenoxy) is 1. The first kappa shape index (κ1) is 16.9. The lowest BCUT2D eigenvalue weighted by Gasteiger charge is -2.33. The van der Waals surface area contributed by atoms with Crippen molar-refractivity contribution >= 4 is 12.6 Å². The molecule has 1 aliphatic carbocycles. The van der Waals surface area contributed by atoms with Crippen molar-refractivity contribution in [1.29, 1.82) is 0 Å². The molecule has 114 valence electrons. The fraction of sp³-hybridized carbons (Fsp3) is 1.00. The molecule has 0 N–H and O–H groups in total. The standard InChI is InChI=1S/C11H16F6OS/c1-2-7-3-4-8(5-7)6-18-9(19,10(12,13)14)11(15,16)17/h7-8,19H,2-6H2,1H3. The van der Waals surface area contributed by atoms with Crippen LogP contribution in [0.5, 0.6) is 0 Å². The van der Waals surface area contributed by atoms with Gasteiger partial charge in [0.25, 0.3) is 0 Å². The minimum Gasteiger partial charge on any atom is -0.348 e. The minimum atomic E-state index is -5.60. The summed E-state index contributed by atoms with van der Waals surface area (Å²) in [6, 6.07) is 0. The lowest BCUT2D eigenvalue weighted by molar-refractivity contribution is -0.341. The van der Waals surface area contributed by atoms with Crippen molar-refractivity contribution in [3.8, 4) is 0 Å². The van der Waals surface area contributed by atoms with Crippen LogP contribution in [0.2, 0.25) is 0 Å². The van der Waals surface area contributed by atoms with Crippen molar-refractivity contribution in [2.24, 2.45) is 11.8 Å². The first-order chi connectivity index (χ1) is 8.51. The van der Waals surface area contributed by atoms with Gasteiger partial charge < -0.3 is 4.74 Å². The quantitative estimate of drug-likeness (QED) is 0.454. The first-order valence-electron chi connectivity index (χ1n) is 6.01. The lowest BCUT2D eigenvalue weighted by Crippen LogP contribution is -2.54. The highest BCUT2D eigenvalue weighted by Gasteiger charge is 2.70. The molecule has 0 spiro atoms. The normalized spacial score (nSPS) is 25.9. The van der Waals surface area contributed by atoms with Gasteiger partial charge in [0.1, 0.15) is 0 Å². The molecule has 2 atom stereocenters. The zero-order valence-corrected chi connectivity index (χ0v) is 11.2. The zero-order valence-electron chi connectivity index (χ0n) is 10.3. The third-order valence-corrected chi connectivity index (χ3v) is 4.16. The Labute approximate surface area is 113 Å². The van der Waals surface area contributed by atoms with E-state index in [1.54, 1.807) is 0 Å². The summed E-state index contributed by atoms with van der Waals surface area (Å²) in [5, 5.41) is 0. The van der Waals surface area contributed by atoms with Gasteiger partial charge in [0.15, 0.2) is 0 Å². The van der Waals surface area contributed by atoms with E-state index in [2.05, 4.69) is 17.4 Å². The molecule has 0 aromatic carbocycles. The van der Waals surface area contributed by atoms with Crippen molar-refractivity contribution in [2.75, 3.05) is 6.61 Å². The number of hydrogen-bond acceptors (Lipinski definition) is 2. The van der Waals surface area contributed by atoms with E-state index < -0.39 is 23.9 Å². The molecule has 0 aromatic heterocycles. The van der Waals surface area contributed by atoms with Gasteiger partial charge in [-0.05, 0) is 24.7 Å². The highest BCUT2D eigenvalue weighted by molar-refractivity contribution is 7.81. The monoisotopic (exact) mass is 310 g/mol. The molecule has 0 heterocycles. The lowest BCUT2D eigenvalue weighted by atomic mass is 10.0. The summed E-state index contributed by atoms with van der Waals surface area (Å²) in [4.78, 5) is -4.38. The van der Waals surface area contributed by atoms with E-state index in [0.717, 1.165) is 12.8 Å². The van der Waals surface area contributed by atoms with E-state index in [1.165, 1.54) is 0 Å². The molecule has 1 nitrogen and oxygen atoms in total. The SMILES string of the molecule is CCC1CCC(COC(S)(C(F)(F)F)C(F)(F)F)C1. The van der Waals surface area contributed by atoms with Crippen LogP contribution in [0.25, 0.3) is 0 Å². The Bertz CT molecular complexity index is 287. The molecular formula is C11H16F6OS. The first-order valence-corrected chi connectivity index (χ1v) is 6.45. The molecule has 1 fully saturated rings. The smallest absolute Gasteiger partial charge is 0.348 e. The maximum atomic E-state index is 12.5. The molecule has 1 aliphatic rings. The average molecular weight is 310 g/mol. The van der Waals surface area contributed by atoms with E-state index in [9.17, 15) is 26.3 Å². The maximum Gasteiger partial charge on any atom is 0.436 e. The summed E-state index contributed by atoms with van der Waals surface area (Å²) >= 11 is 2.73. The number of rotatable bonds is 4. The van der Waals surface area contributed by atoms with Crippen molar-refractivity contribution in [3.63, 3.8) is 0 Å². The van der Waals surface area contributed by atoms with Gasteiger partial charge in [-0.25, -0.2) is 0 Å². The van der Waals surface area contributed by atoms with E-state index in [4.69, 9.17) is 0 Å². The van der Waals surface area contributed by atoms with Gasteiger partial charge >= 0.3 is 17.3 Å². The third-order valence-electron chi connectivity index (χ3n) is 3.52. The highest BCUT2D eigenvalue weighted by atomic mass is 32.1. The van der Waals surface area contributed by atoms with Gasteiger partial charge in [-0.15, -0.1) is 12.6 Å². The van der Waals surface area contributed by atoms with Gasteiger partial charge in [-0.2, -0.15) is 26.3 Å². The summed E-state index contributed by atoms with van der Waals surface area (Å²) < 4.78 is 79.1. The Morgan fingerprint density at radius 1 is 1.00 bits per heavy atom. The van der Waals surface area contributed by atoms with Gasteiger partial charge in [0.2, 0.25) is 0 Å². The van der Waals surface area contributed by atoms with Crippen LogP contribution >= 0.6 is 12.6 Å². The fourth-order valence-electron chi connectivity index (χ4n) is 2.26. The molecule has 8 heteroatoms. The average Bonchev–Trinajstić information content (AvgIpc) is 2.70. The van der Waals surface area contributed by atoms with Crippen LogP contribution in [0.3, 0.4) is 0 Å². The predicted octanol–water partition coefficient (Wildman–Crippen LogP) is 4.58.